The number of nitrogens with two attached hydrogens (primary N) is 1. The van der Waals surface area contributed by atoms with Crippen molar-refractivity contribution in [2.45, 2.75) is 13.3 Å². The first-order valence-electron chi connectivity index (χ1n) is 7.36. The molecule has 2 aromatic rings. The van der Waals surface area contributed by atoms with E-state index in [2.05, 4.69) is 10.3 Å². The highest BCUT2D eigenvalue weighted by atomic mass is 35.5. The molecule has 0 saturated carbocycles. The van der Waals surface area contributed by atoms with Crippen LogP contribution in [0.5, 0.6) is 0 Å². The van der Waals surface area contributed by atoms with Gasteiger partial charge < -0.3 is 16.0 Å². The van der Waals surface area contributed by atoms with Gasteiger partial charge in [-0.2, -0.15) is 0 Å². The second kappa shape index (κ2) is 11.8. The van der Waals surface area contributed by atoms with E-state index >= 15 is 0 Å². The van der Waals surface area contributed by atoms with Gasteiger partial charge in [-0.3, -0.25) is 9.59 Å². The lowest BCUT2D eigenvalue weighted by Crippen LogP contribution is -2.37. The van der Waals surface area contributed by atoms with Crippen molar-refractivity contribution in [3.8, 4) is 0 Å². The maximum absolute atomic E-state index is 12.6. The number of rotatable bonds is 7. The van der Waals surface area contributed by atoms with Crippen molar-refractivity contribution < 1.29 is 9.59 Å². The van der Waals surface area contributed by atoms with Crippen molar-refractivity contribution in [2.75, 3.05) is 25.0 Å². The predicted octanol–water partition coefficient (Wildman–Crippen LogP) is 2.59. The number of halogens is 2. The minimum Gasteiger partial charge on any atom is -0.336 e. The van der Waals surface area contributed by atoms with Crippen LogP contribution in [0.2, 0.25) is 0 Å². The van der Waals surface area contributed by atoms with Crippen LogP contribution < -0.4 is 11.1 Å². The van der Waals surface area contributed by atoms with E-state index in [9.17, 15) is 9.59 Å². The van der Waals surface area contributed by atoms with Gasteiger partial charge in [-0.1, -0.05) is 30.3 Å². The van der Waals surface area contributed by atoms with E-state index in [1.54, 1.807) is 10.3 Å². The molecule has 3 N–H and O–H groups in total. The molecule has 0 aliphatic carbocycles. The molecule has 2 rings (SSSR count). The Morgan fingerprint density at radius 1 is 1.20 bits per heavy atom. The predicted molar refractivity (Wildman–Crippen MR) is 106 cm³/mol. The first kappa shape index (κ1) is 23.3. The van der Waals surface area contributed by atoms with Gasteiger partial charge in [-0.15, -0.1) is 36.2 Å². The number of carbonyl (C=O) groups is 2. The molecule has 2 amide bonds. The Morgan fingerprint density at radius 2 is 1.88 bits per heavy atom. The fraction of sp³-hybridized carbons (Fsp3) is 0.312. The van der Waals surface area contributed by atoms with Crippen LogP contribution in [-0.2, 0) is 11.2 Å². The molecule has 9 heteroatoms. The zero-order chi connectivity index (χ0) is 16.7. The van der Waals surface area contributed by atoms with Crippen LogP contribution in [0, 0.1) is 0 Å². The SMILES string of the molecule is CC(=O)Nc1nc(C(=O)N(CCN)CCc2ccccc2)cs1.Cl.Cl. The molecule has 1 heterocycles. The zero-order valence-electron chi connectivity index (χ0n) is 13.8. The lowest BCUT2D eigenvalue weighted by molar-refractivity contribution is -0.114. The van der Waals surface area contributed by atoms with Crippen LogP contribution in [0.3, 0.4) is 0 Å². The summed E-state index contributed by atoms with van der Waals surface area (Å²) in [4.78, 5) is 29.4. The van der Waals surface area contributed by atoms with Gasteiger partial charge in [0.25, 0.3) is 5.91 Å². The van der Waals surface area contributed by atoms with Crippen molar-refractivity contribution in [1.82, 2.24) is 9.88 Å². The summed E-state index contributed by atoms with van der Waals surface area (Å²) < 4.78 is 0. The quantitative estimate of drug-likeness (QED) is 0.741. The average Bonchev–Trinajstić information content (AvgIpc) is 2.99. The minimum absolute atomic E-state index is 0. The number of hydrogen-bond donors (Lipinski definition) is 2. The summed E-state index contributed by atoms with van der Waals surface area (Å²) in [6.45, 7) is 2.85. The molecule has 0 spiro atoms. The van der Waals surface area contributed by atoms with Crippen molar-refractivity contribution >= 4 is 53.1 Å². The van der Waals surface area contributed by atoms with E-state index in [1.165, 1.54) is 23.8 Å². The van der Waals surface area contributed by atoms with E-state index in [0.717, 1.165) is 6.42 Å². The molecule has 1 aromatic carbocycles. The van der Waals surface area contributed by atoms with Crippen LogP contribution >= 0.6 is 36.2 Å². The number of hydrogen-bond acceptors (Lipinski definition) is 5. The Balaban J connectivity index is 0.00000288. The maximum atomic E-state index is 12.6. The summed E-state index contributed by atoms with van der Waals surface area (Å²) in [6, 6.07) is 9.98. The van der Waals surface area contributed by atoms with E-state index in [4.69, 9.17) is 5.73 Å². The van der Waals surface area contributed by atoms with Gasteiger partial charge in [0.15, 0.2) is 5.13 Å². The fourth-order valence-electron chi connectivity index (χ4n) is 2.12. The van der Waals surface area contributed by atoms with Gasteiger partial charge in [-0.05, 0) is 12.0 Å². The third-order valence-electron chi connectivity index (χ3n) is 3.21. The van der Waals surface area contributed by atoms with Gasteiger partial charge in [0.2, 0.25) is 5.91 Å². The summed E-state index contributed by atoms with van der Waals surface area (Å²) in [7, 11) is 0. The second-order valence-electron chi connectivity index (χ2n) is 5.04. The lowest BCUT2D eigenvalue weighted by atomic mass is 10.1. The molecular formula is C16H22Cl2N4O2S. The molecular weight excluding hydrogens is 383 g/mol. The molecule has 138 valence electrons. The van der Waals surface area contributed by atoms with Gasteiger partial charge in [0.05, 0.1) is 0 Å². The molecule has 6 nitrogen and oxygen atoms in total. The molecule has 0 radical (unpaired) electrons. The number of amides is 2. The van der Waals surface area contributed by atoms with Crippen LogP contribution in [-0.4, -0.2) is 41.3 Å². The number of anilines is 1. The minimum atomic E-state index is -0.207. The molecule has 0 bridgehead atoms. The van der Waals surface area contributed by atoms with Crippen LogP contribution in [0.1, 0.15) is 23.0 Å². The average molecular weight is 405 g/mol. The van der Waals surface area contributed by atoms with Crippen LogP contribution in [0.15, 0.2) is 35.7 Å². The van der Waals surface area contributed by atoms with Crippen molar-refractivity contribution in [2.24, 2.45) is 5.73 Å². The van der Waals surface area contributed by atoms with Gasteiger partial charge in [-0.25, -0.2) is 4.98 Å². The number of carbonyl (C=O) groups excluding carboxylic acids is 2. The van der Waals surface area contributed by atoms with Crippen LogP contribution in [0.4, 0.5) is 5.13 Å². The van der Waals surface area contributed by atoms with E-state index in [-0.39, 0.29) is 36.6 Å². The summed E-state index contributed by atoms with van der Waals surface area (Å²) in [6.07, 6.45) is 0.759. The first-order chi connectivity index (χ1) is 11.1. The molecule has 1 aromatic heterocycles. The Hall–Kier alpha value is -1.67. The topological polar surface area (TPSA) is 88.3 Å². The van der Waals surface area contributed by atoms with E-state index in [1.807, 2.05) is 30.3 Å². The number of nitrogens with one attached hydrogen (secondary N) is 1. The summed E-state index contributed by atoms with van der Waals surface area (Å²) >= 11 is 1.23. The lowest BCUT2D eigenvalue weighted by Gasteiger charge is -2.21. The number of thiazole rings is 1. The molecule has 0 aliphatic rings. The molecule has 0 unspecified atom stereocenters. The number of benzene rings is 1. The monoisotopic (exact) mass is 404 g/mol. The standard InChI is InChI=1S/C16H20N4O2S.2ClH/c1-12(21)18-16-19-14(11-23-16)15(22)20(10-8-17)9-7-13-5-3-2-4-6-13;;/h2-6,11H,7-10,17H2,1H3,(H,18,19,21);2*1H. The smallest absolute Gasteiger partial charge is 0.273 e. The molecule has 0 fully saturated rings. The maximum Gasteiger partial charge on any atom is 0.273 e. The highest BCUT2D eigenvalue weighted by Gasteiger charge is 2.18. The third kappa shape index (κ3) is 7.39. The molecule has 25 heavy (non-hydrogen) atoms. The fourth-order valence-corrected chi connectivity index (χ4v) is 2.85. The summed E-state index contributed by atoms with van der Waals surface area (Å²) in [5.41, 5.74) is 7.12. The highest BCUT2D eigenvalue weighted by molar-refractivity contribution is 7.14. The summed E-state index contributed by atoms with van der Waals surface area (Å²) in [5, 5.41) is 4.66. The highest BCUT2D eigenvalue weighted by Crippen LogP contribution is 2.17. The largest absolute Gasteiger partial charge is 0.336 e. The normalized spacial score (nSPS) is 9.52. The van der Waals surface area contributed by atoms with Gasteiger partial charge >= 0.3 is 0 Å². The van der Waals surface area contributed by atoms with Crippen molar-refractivity contribution in [3.05, 3.63) is 47.0 Å². The Bertz CT molecular complexity index is 667. The molecule has 0 atom stereocenters. The van der Waals surface area contributed by atoms with Crippen LogP contribution in [0.25, 0.3) is 0 Å². The van der Waals surface area contributed by atoms with Crippen molar-refractivity contribution in [3.63, 3.8) is 0 Å². The zero-order valence-corrected chi connectivity index (χ0v) is 16.3. The number of nitrogens with zero attached hydrogens (tertiary/aromatic N) is 2. The van der Waals surface area contributed by atoms with Gasteiger partial charge in [0.1, 0.15) is 5.69 Å². The molecule has 0 saturated heterocycles. The Morgan fingerprint density at radius 3 is 2.48 bits per heavy atom. The summed E-state index contributed by atoms with van der Waals surface area (Å²) in [5.74, 6) is -0.375. The Kier molecular flexibility index (Phi) is 11.0. The second-order valence-corrected chi connectivity index (χ2v) is 5.89. The van der Waals surface area contributed by atoms with Crippen molar-refractivity contribution in [1.29, 1.82) is 0 Å². The van der Waals surface area contributed by atoms with Gasteiger partial charge in [0, 0.05) is 31.9 Å². The van der Waals surface area contributed by atoms with E-state index < -0.39 is 0 Å². The molecule has 0 aliphatic heterocycles. The number of aromatic nitrogens is 1. The first-order valence-corrected chi connectivity index (χ1v) is 8.24. The third-order valence-corrected chi connectivity index (χ3v) is 3.96. The van der Waals surface area contributed by atoms with E-state index in [0.29, 0.717) is 30.5 Å². The Labute approximate surface area is 163 Å².